The van der Waals surface area contributed by atoms with E-state index in [0.717, 1.165) is 36.0 Å². The van der Waals surface area contributed by atoms with Crippen LogP contribution in [-0.4, -0.2) is 34.3 Å². The van der Waals surface area contributed by atoms with Crippen molar-refractivity contribution in [3.8, 4) is 0 Å². The van der Waals surface area contributed by atoms with Crippen LogP contribution >= 0.6 is 0 Å². The average Bonchev–Trinajstić information content (AvgIpc) is 3.08. The van der Waals surface area contributed by atoms with Crippen molar-refractivity contribution in [3.05, 3.63) is 42.1 Å². The Morgan fingerprint density at radius 3 is 2.71 bits per heavy atom. The van der Waals surface area contributed by atoms with Crippen molar-refractivity contribution < 1.29 is 4.79 Å². The first-order valence-electron chi connectivity index (χ1n) is 7.80. The summed E-state index contributed by atoms with van der Waals surface area (Å²) in [6.07, 6.45) is 4.95. The molecule has 0 N–H and O–H groups in total. The molecule has 0 spiro atoms. The van der Waals surface area contributed by atoms with Gasteiger partial charge in [0.1, 0.15) is 0 Å². The lowest BCUT2D eigenvalue weighted by Crippen LogP contribution is -2.50. The quantitative estimate of drug-likeness (QED) is 0.802. The second-order valence-corrected chi connectivity index (χ2v) is 6.07. The van der Waals surface area contributed by atoms with Crippen LogP contribution in [-0.2, 0) is 0 Å². The number of rotatable bonds is 4. The zero-order chi connectivity index (χ0) is 14.9. The third-order valence-corrected chi connectivity index (χ3v) is 4.83. The van der Waals surface area contributed by atoms with Crippen molar-refractivity contribution in [2.45, 2.75) is 38.6 Å². The Morgan fingerprint density at radius 2 is 2.00 bits per heavy atom. The predicted molar refractivity (Wildman–Crippen MR) is 85.6 cm³/mol. The first-order valence-corrected chi connectivity index (χ1v) is 7.80. The summed E-state index contributed by atoms with van der Waals surface area (Å²) >= 11 is 0. The number of benzene rings is 1. The van der Waals surface area contributed by atoms with Gasteiger partial charge in [-0.1, -0.05) is 25.1 Å². The number of carbonyl (C=O) groups is 1. The van der Waals surface area contributed by atoms with Gasteiger partial charge in [-0.3, -0.25) is 14.7 Å². The zero-order valence-electron chi connectivity index (χ0n) is 12.8. The van der Waals surface area contributed by atoms with Gasteiger partial charge in [0, 0.05) is 17.1 Å². The molecule has 1 saturated heterocycles. The molecule has 0 amide bonds. The SMILES string of the molecule is CCC(C)(C(=O)c1cnc2ccccc2c1)N1CCCC1. The topological polar surface area (TPSA) is 33.2 Å². The van der Waals surface area contributed by atoms with Crippen LogP contribution in [0, 0.1) is 0 Å². The number of aromatic nitrogens is 1. The molecule has 3 nitrogen and oxygen atoms in total. The van der Waals surface area contributed by atoms with Crippen LogP contribution in [0.4, 0.5) is 0 Å². The predicted octanol–water partition coefficient (Wildman–Crippen LogP) is 3.68. The van der Waals surface area contributed by atoms with Crippen LogP contribution in [0.2, 0.25) is 0 Å². The number of nitrogens with zero attached hydrogens (tertiary/aromatic N) is 2. The van der Waals surface area contributed by atoms with E-state index < -0.39 is 5.54 Å². The summed E-state index contributed by atoms with van der Waals surface area (Å²) in [6, 6.07) is 9.92. The molecule has 3 heteroatoms. The Morgan fingerprint density at radius 1 is 1.29 bits per heavy atom. The standard InChI is InChI=1S/C18H22N2O/c1-3-18(2,20-10-6-7-11-20)17(21)15-12-14-8-4-5-9-16(14)19-13-15/h4-5,8-9,12-13H,3,6-7,10-11H2,1-2H3. The second-order valence-electron chi connectivity index (χ2n) is 6.07. The fraction of sp³-hybridized carbons (Fsp3) is 0.444. The normalized spacial score (nSPS) is 18.8. The molecule has 110 valence electrons. The number of hydrogen-bond acceptors (Lipinski definition) is 3. The van der Waals surface area contributed by atoms with Gasteiger partial charge >= 0.3 is 0 Å². The minimum absolute atomic E-state index is 0.199. The fourth-order valence-corrected chi connectivity index (χ4v) is 3.24. The van der Waals surface area contributed by atoms with Crippen LogP contribution < -0.4 is 0 Å². The number of fused-ring (bicyclic) bond motifs is 1. The Labute approximate surface area is 126 Å². The summed E-state index contributed by atoms with van der Waals surface area (Å²) in [5.41, 5.74) is 1.26. The number of para-hydroxylation sites is 1. The highest BCUT2D eigenvalue weighted by Crippen LogP contribution is 2.29. The first kappa shape index (κ1) is 14.2. The third kappa shape index (κ3) is 2.46. The highest BCUT2D eigenvalue weighted by atomic mass is 16.1. The lowest BCUT2D eigenvalue weighted by atomic mass is 9.87. The Hall–Kier alpha value is -1.74. The van der Waals surface area contributed by atoms with Gasteiger partial charge in [-0.15, -0.1) is 0 Å². The molecule has 1 fully saturated rings. The molecule has 1 atom stereocenters. The van der Waals surface area contributed by atoms with Crippen LogP contribution in [0.1, 0.15) is 43.5 Å². The van der Waals surface area contributed by atoms with Gasteiger partial charge in [0.25, 0.3) is 0 Å². The second kappa shape index (κ2) is 5.57. The molecule has 2 heterocycles. The molecule has 21 heavy (non-hydrogen) atoms. The lowest BCUT2D eigenvalue weighted by Gasteiger charge is -2.36. The number of likely N-dealkylation sites (tertiary alicyclic amines) is 1. The van der Waals surface area contributed by atoms with Crippen LogP contribution in [0.5, 0.6) is 0 Å². The van der Waals surface area contributed by atoms with E-state index in [0.29, 0.717) is 0 Å². The number of carbonyl (C=O) groups excluding carboxylic acids is 1. The van der Waals surface area contributed by atoms with Gasteiger partial charge in [0.2, 0.25) is 0 Å². The maximum atomic E-state index is 13.0. The first-order chi connectivity index (χ1) is 10.1. The van der Waals surface area contributed by atoms with Crippen molar-refractivity contribution in [3.63, 3.8) is 0 Å². The Bertz CT molecular complexity index is 661. The van der Waals surface area contributed by atoms with E-state index >= 15 is 0 Å². The van der Waals surface area contributed by atoms with Crippen molar-refractivity contribution in [2.75, 3.05) is 13.1 Å². The van der Waals surface area contributed by atoms with Crippen molar-refractivity contribution >= 4 is 16.7 Å². The van der Waals surface area contributed by atoms with Crippen LogP contribution in [0.15, 0.2) is 36.5 Å². The number of ketones is 1. The van der Waals surface area contributed by atoms with Crippen LogP contribution in [0.25, 0.3) is 10.9 Å². The van der Waals surface area contributed by atoms with Gasteiger partial charge in [-0.25, -0.2) is 0 Å². The number of Topliss-reactive ketones (excluding diaryl/α,β-unsaturated/α-hetero) is 1. The lowest BCUT2D eigenvalue weighted by molar-refractivity contribution is 0.0647. The smallest absolute Gasteiger partial charge is 0.184 e. The van der Waals surface area contributed by atoms with Gasteiger partial charge in [-0.2, -0.15) is 0 Å². The van der Waals surface area contributed by atoms with Crippen molar-refractivity contribution in [1.29, 1.82) is 0 Å². The summed E-state index contributed by atoms with van der Waals surface area (Å²) in [6.45, 7) is 6.23. The molecule has 1 aliphatic heterocycles. The van der Waals surface area contributed by atoms with E-state index in [4.69, 9.17) is 0 Å². The van der Waals surface area contributed by atoms with E-state index in [1.807, 2.05) is 30.3 Å². The van der Waals surface area contributed by atoms with Gasteiger partial charge in [-0.05, 0) is 51.4 Å². The largest absolute Gasteiger partial charge is 0.292 e. The molecule has 1 aromatic carbocycles. The van der Waals surface area contributed by atoms with Crippen molar-refractivity contribution in [2.24, 2.45) is 0 Å². The summed E-state index contributed by atoms with van der Waals surface area (Å²) in [4.78, 5) is 19.8. The molecule has 0 aliphatic carbocycles. The minimum Gasteiger partial charge on any atom is -0.292 e. The van der Waals surface area contributed by atoms with Gasteiger partial charge < -0.3 is 0 Å². The van der Waals surface area contributed by atoms with E-state index in [1.165, 1.54) is 12.8 Å². The zero-order valence-corrected chi connectivity index (χ0v) is 12.8. The molecule has 0 bridgehead atoms. The van der Waals surface area contributed by atoms with Crippen LogP contribution in [0.3, 0.4) is 0 Å². The average molecular weight is 282 g/mol. The van der Waals surface area contributed by atoms with Crippen molar-refractivity contribution in [1.82, 2.24) is 9.88 Å². The third-order valence-electron chi connectivity index (χ3n) is 4.83. The van der Waals surface area contributed by atoms with E-state index in [9.17, 15) is 4.79 Å². The molecular formula is C18H22N2O. The minimum atomic E-state index is -0.402. The van der Waals surface area contributed by atoms with E-state index in [-0.39, 0.29) is 5.78 Å². The highest BCUT2D eigenvalue weighted by molar-refractivity contribution is 6.04. The Kier molecular flexibility index (Phi) is 3.77. The molecule has 0 saturated carbocycles. The van der Waals surface area contributed by atoms with E-state index in [1.54, 1.807) is 6.20 Å². The molecule has 1 aliphatic rings. The molecular weight excluding hydrogens is 260 g/mol. The monoisotopic (exact) mass is 282 g/mol. The number of hydrogen-bond donors (Lipinski definition) is 0. The summed E-state index contributed by atoms with van der Waals surface area (Å²) < 4.78 is 0. The van der Waals surface area contributed by atoms with Gasteiger partial charge in [0.05, 0.1) is 11.1 Å². The molecule has 3 rings (SSSR count). The molecule has 1 unspecified atom stereocenters. The maximum Gasteiger partial charge on any atom is 0.184 e. The fourth-order valence-electron chi connectivity index (χ4n) is 3.24. The van der Waals surface area contributed by atoms with Gasteiger partial charge in [0.15, 0.2) is 5.78 Å². The molecule has 2 aromatic rings. The Balaban J connectivity index is 1.97. The summed E-state index contributed by atoms with van der Waals surface area (Å²) in [5.74, 6) is 0.199. The summed E-state index contributed by atoms with van der Waals surface area (Å²) in [5, 5.41) is 1.03. The maximum absolute atomic E-state index is 13.0. The van der Waals surface area contributed by atoms with E-state index in [2.05, 4.69) is 23.7 Å². The highest BCUT2D eigenvalue weighted by Gasteiger charge is 2.39. The molecule has 0 radical (unpaired) electrons. The summed E-state index contributed by atoms with van der Waals surface area (Å²) in [7, 11) is 0. The number of pyridine rings is 1. The molecule has 1 aromatic heterocycles.